The number of amides is 1. The van der Waals surface area contributed by atoms with Crippen LogP contribution in [0.2, 0.25) is 0 Å². The second-order valence-electron chi connectivity index (χ2n) is 4.77. The summed E-state index contributed by atoms with van der Waals surface area (Å²) in [5.74, 6) is 1.36. The van der Waals surface area contributed by atoms with Gasteiger partial charge in [0.05, 0.1) is 18.1 Å². The molecule has 0 aliphatic heterocycles. The number of methoxy groups -OCH3 is 1. The molecule has 0 aliphatic carbocycles. The SMILES string of the molecule is COc1ccc(C(=O)NCCOc2cccc(C)c2)cc1Br. The fourth-order valence-electron chi connectivity index (χ4n) is 1.95. The molecule has 0 saturated carbocycles. The molecule has 0 heterocycles. The molecule has 0 aromatic heterocycles. The van der Waals surface area contributed by atoms with Crippen LogP contribution in [0.3, 0.4) is 0 Å². The number of carbonyl (C=O) groups excluding carboxylic acids is 1. The Hall–Kier alpha value is -2.01. The van der Waals surface area contributed by atoms with E-state index in [9.17, 15) is 4.79 Å². The summed E-state index contributed by atoms with van der Waals surface area (Å²) in [6.45, 7) is 2.87. The van der Waals surface area contributed by atoms with Gasteiger partial charge in [0.2, 0.25) is 0 Å². The number of rotatable bonds is 6. The van der Waals surface area contributed by atoms with Crippen molar-refractivity contribution in [2.45, 2.75) is 6.92 Å². The number of aryl methyl sites for hydroxylation is 1. The first-order valence-electron chi connectivity index (χ1n) is 6.91. The third-order valence-corrected chi connectivity index (χ3v) is 3.68. The zero-order valence-electron chi connectivity index (χ0n) is 12.6. The van der Waals surface area contributed by atoms with E-state index >= 15 is 0 Å². The standard InChI is InChI=1S/C17H18BrNO3/c1-12-4-3-5-14(10-12)22-9-8-19-17(20)13-6-7-16(21-2)15(18)11-13/h3-7,10-11H,8-9H2,1-2H3,(H,19,20). The first-order valence-corrected chi connectivity index (χ1v) is 7.70. The predicted molar refractivity (Wildman–Crippen MR) is 89.7 cm³/mol. The summed E-state index contributed by atoms with van der Waals surface area (Å²) in [6.07, 6.45) is 0. The van der Waals surface area contributed by atoms with Gasteiger partial charge < -0.3 is 14.8 Å². The monoisotopic (exact) mass is 363 g/mol. The lowest BCUT2D eigenvalue weighted by molar-refractivity contribution is 0.0947. The van der Waals surface area contributed by atoms with E-state index in [1.165, 1.54) is 0 Å². The summed E-state index contributed by atoms with van der Waals surface area (Å²) in [5.41, 5.74) is 1.72. The van der Waals surface area contributed by atoms with Crippen molar-refractivity contribution in [1.29, 1.82) is 0 Å². The summed E-state index contributed by atoms with van der Waals surface area (Å²) in [4.78, 5) is 12.0. The Kier molecular flexibility index (Phi) is 5.83. The van der Waals surface area contributed by atoms with Crippen LogP contribution >= 0.6 is 15.9 Å². The Morgan fingerprint density at radius 2 is 2.05 bits per heavy atom. The molecule has 4 nitrogen and oxygen atoms in total. The van der Waals surface area contributed by atoms with Crippen molar-refractivity contribution in [3.05, 3.63) is 58.1 Å². The molecule has 0 radical (unpaired) electrons. The number of carbonyl (C=O) groups is 1. The molecule has 0 fully saturated rings. The maximum absolute atomic E-state index is 12.0. The third kappa shape index (κ3) is 4.49. The average molecular weight is 364 g/mol. The van der Waals surface area contributed by atoms with Gasteiger partial charge >= 0.3 is 0 Å². The van der Waals surface area contributed by atoms with E-state index < -0.39 is 0 Å². The highest BCUT2D eigenvalue weighted by Gasteiger charge is 2.08. The first kappa shape index (κ1) is 16.4. The van der Waals surface area contributed by atoms with Crippen LogP contribution in [0.4, 0.5) is 0 Å². The van der Waals surface area contributed by atoms with Crippen LogP contribution in [0, 0.1) is 6.92 Å². The molecule has 0 saturated heterocycles. The van der Waals surface area contributed by atoms with Crippen molar-refractivity contribution >= 4 is 21.8 Å². The molecule has 0 unspecified atom stereocenters. The summed E-state index contributed by atoms with van der Waals surface area (Å²) in [5, 5.41) is 2.82. The molecule has 2 aromatic rings. The van der Waals surface area contributed by atoms with Crippen LogP contribution in [0.1, 0.15) is 15.9 Å². The molecule has 22 heavy (non-hydrogen) atoms. The van der Waals surface area contributed by atoms with Gasteiger partial charge in [-0.25, -0.2) is 0 Å². The van der Waals surface area contributed by atoms with Crippen LogP contribution in [0.15, 0.2) is 46.9 Å². The van der Waals surface area contributed by atoms with Crippen LogP contribution in [-0.2, 0) is 0 Å². The Bertz CT molecular complexity index is 658. The lowest BCUT2D eigenvalue weighted by atomic mass is 10.2. The average Bonchev–Trinajstić information content (AvgIpc) is 2.51. The molecule has 116 valence electrons. The molecule has 2 rings (SSSR count). The Morgan fingerprint density at radius 1 is 1.23 bits per heavy atom. The highest BCUT2D eigenvalue weighted by molar-refractivity contribution is 9.10. The summed E-state index contributed by atoms with van der Waals surface area (Å²) >= 11 is 3.37. The molecular weight excluding hydrogens is 346 g/mol. The van der Waals surface area contributed by atoms with Gasteiger partial charge in [0.15, 0.2) is 0 Å². The molecule has 1 amide bonds. The van der Waals surface area contributed by atoms with E-state index in [0.717, 1.165) is 15.8 Å². The van der Waals surface area contributed by atoms with Crippen molar-refractivity contribution in [3.8, 4) is 11.5 Å². The summed E-state index contributed by atoms with van der Waals surface area (Å²) in [7, 11) is 1.59. The Morgan fingerprint density at radius 3 is 2.73 bits per heavy atom. The van der Waals surface area contributed by atoms with Crippen molar-refractivity contribution in [2.24, 2.45) is 0 Å². The van der Waals surface area contributed by atoms with Crippen molar-refractivity contribution in [1.82, 2.24) is 5.32 Å². The fraction of sp³-hybridized carbons (Fsp3) is 0.235. The molecule has 5 heteroatoms. The van der Waals surface area contributed by atoms with Gasteiger partial charge in [0.25, 0.3) is 5.91 Å². The molecule has 1 N–H and O–H groups in total. The molecule has 0 atom stereocenters. The minimum absolute atomic E-state index is 0.142. The molecule has 0 bridgehead atoms. The third-order valence-electron chi connectivity index (χ3n) is 3.06. The van der Waals surface area contributed by atoms with Crippen LogP contribution in [0.5, 0.6) is 11.5 Å². The van der Waals surface area contributed by atoms with Crippen molar-refractivity contribution in [2.75, 3.05) is 20.3 Å². The van der Waals surface area contributed by atoms with Gasteiger partial charge in [-0.2, -0.15) is 0 Å². The number of hydrogen-bond acceptors (Lipinski definition) is 3. The van der Waals surface area contributed by atoms with Crippen LogP contribution in [0.25, 0.3) is 0 Å². The Labute approximate surface area is 138 Å². The van der Waals surface area contributed by atoms with E-state index in [0.29, 0.717) is 24.5 Å². The number of benzene rings is 2. The lowest BCUT2D eigenvalue weighted by Crippen LogP contribution is -2.28. The first-order chi connectivity index (χ1) is 10.6. The quantitative estimate of drug-likeness (QED) is 0.798. The van der Waals surface area contributed by atoms with Crippen molar-refractivity contribution in [3.63, 3.8) is 0 Å². The van der Waals surface area contributed by atoms with Crippen LogP contribution in [-0.4, -0.2) is 26.2 Å². The van der Waals surface area contributed by atoms with E-state index in [-0.39, 0.29) is 5.91 Å². The molecule has 0 aliphatic rings. The predicted octanol–water partition coefficient (Wildman–Crippen LogP) is 3.57. The van der Waals surface area contributed by atoms with Gasteiger partial charge in [-0.1, -0.05) is 12.1 Å². The smallest absolute Gasteiger partial charge is 0.251 e. The van der Waals surface area contributed by atoms with Crippen LogP contribution < -0.4 is 14.8 Å². The minimum atomic E-state index is -0.142. The van der Waals surface area contributed by atoms with E-state index in [4.69, 9.17) is 9.47 Å². The van der Waals surface area contributed by atoms with E-state index in [1.54, 1.807) is 25.3 Å². The maximum atomic E-state index is 12.0. The second-order valence-corrected chi connectivity index (χ2v) is 5.62. The highest BCUT2D eigenvalue weighted by atomic mass is 79.9. The topological polar surface area (TPSA) is 47.6 Å². The van der Waals surface area contributed by atoms with Gasteiger partial charge in [-0.05, 0) is 58.7 Å². The lowest BCUT2D eigenvalue weighted by Gasteiger charge is -2.09. The summed E-state index contributed by atoms with van der Waals surface area (Å²) < 4.78 is 11.5. The zero-order chi connectivity index (χ0) is 15.9. The molecular formula is C17H18BrNO3. The highest BCUT2D eigenvalue weighted by Crippen LogP contribution is 2.25. The summed E-state index contributed by atoms with van der Waals surface area (Å²) in [6, 6.07) is 13.0. The molecule has 0 spiro atoms. The van der Waals surface area contributed by atoms with E-state index in [2.05, 4.69) is 21.2 Å². The van der Waals surface area contributed by atoms with Gasteiger partial charge in [-0.15, -0.1) is 0 Å². The second kappa shape index (κ2) is 7.84. The maximum Gasteiger partial charge on any atom is 0.251 e. The largest absolute Gasteiger partial charge is 0.496 e. The van der Waals surface area contributed by atoms with E-state index in [1.807, 2.05) is 31.2 Å². The van der Waals surface area contributed by atoms with Gasteiger partial charge in [0, 0.05) is 5.56 Å². The van der Waals surface area contributed by atoms with Crippen molar-refractivity contribution < 1.29 is 14.3 Å². The zero-order valence-corrected chi connectivity index (χ0v) is 14.1. The van der Waals surface area contributed by atoms with Gasteiger partial charge in [-0.3, -0.25) is 4.79 Å². The number of nitrogens with one attached hydrogen (secondary N) is 1. The fourth-order valence-corrected chi connectivity index (χ4v) is 2.49. The normalized spacial score (nSPS) is 10.1. The minimum Gasteiger partial charge on any atom is -0.496 e. The number of ether oxygens (including phenoxy) is 2. The van der Waals surface area contributed by atoms with Gasteiger partial charge in [0.1, 0.15) is 18.1 Å². The molecule has 2 aromatic carbocycles. The number of hydrogen-bond donors (Lipinski definition) is 1. The Balaban J connectivity index is 1.81. The number of halogens is 1.